The molecule has 1 aromatic carbocycles. The number of nitrogens with zero attached hydrogens (tertiary/aromatic N) is 2. The second-order valence-corrected chi connectivity index (χ2v) is 5.67. The summed E-state index contributed by atoms with van der Waals surface area (Å²) in [4.78, 5) is 27.5. The molecule has 0 bridgehead atoms. The van der Waals surface area contributed by atoms with Crippen molar-refractivity contribution in [3.8, 4) is 0 Å². The third-order valence-corrected chi connectivity index (χ3v) is 3.66. The number of anilines is 1. The molecule has 1 saturated heterocycles. The van der Waals surface area contributed by atoms with Crippen molar-refractivity contribution in [1.82, 2.24) is 9.80 Å². The van der Waals surface area contributed by atoms with Crippen LogP contribution in [0.3, 0.4) is 0 Å². The average Bonchev–Trinajstić information content (AvgIpc) is 2.50. The molecule has 1 aromatic rings. The van der Waals surface area contributed by atoms with Gasteiger partial charge in [0.05, 0.1) is 13.1 Å². The van der Waals surface area contributed by atoms with Crippen molar-refractivity contribution in [2.45, 2.75) is 19.3 Å². The summed E-state index contributed by atoms with van der Waals surface area (Å²) in [6.45, 7) is 1.98. The predicted molar refractivity (Wildman–Crippen MR) is 83.0 cm³/mol. The van der Waals surface area contributed by atoms with E-state index in [0.717, 1.165) is 25.9 Å². The number of amides is 2. The van der Waals surface area contributed by atoms with Gasteiger partial charge in [-0.3, -0.25) is 14.5 Å². The minimum atomic E-state index is -0.345. The summed E-state index contributed by atoms with van der Waals surface area (Å²) in [5.74, 6) is -0.500. The minimum Gasteiger partial charge on any atom is -0.342 e. The first kappa shape index (κ1) is 16.4. The van der Waals surface area contributed by atoms with Crippen LogP contribution in [0.5, 0.6) is 0 Å². The molecule has 1 heterocycles. The van der Waals surface area contributed by atoms with Crippen molar-refractivity contribution in [2.75, 3.05) is 38.5 Å². The fraction of sp³-hybridized carbons (Fsp3) is 0.500. The Hall–Kier alpha value is -1.95. The molecule has 0 spiro atoms. The molecule has 0 radical (unpaired) electrons. The van der Waals surface area contributed by atoms with Gasteiger partial charge >= 0.3 is 0 Å². The molecular weight excluding hydrogens is 285 g/mol. The summed E-state index contributed by atoms with van der Waals surface area (Å²) in [5, 5.41) is 2.68. The molecule has 5 nitrogen and oxygen atoms in total. The van der Waals surface area contributed by atoms with Crippen LogP contribution in [0, 0.1) is 5.82 Å². The van der Waals surface area contributed by atoms with E-state index in [4.69, 9.17) is 0 Å². The number of benzene rings is 1. The highest BCUT2D eigenvalue weighted by Crippen LogP contribution is 2.10. The first-order valence-corrected chi connectivity index (χ1v) is 7.56. The van der Waals surface area contributed by atoms with Crippen molar-refractivity contribution in [2.24, 2.45) is 0 Å². The Morgan fingerprint density at radius 2 is 1.77 bits per heavy atom. The van der Waals surface area contributed by atoms with Gasteiger partial charge in [-0.15, -0.1) is 0 Å². The summed E-state index contributed by atoms with van der Waals surface area (Å²) in [5.41, 5.74) is 0.544. The Bertz CT molecular complexity index is 513. The second kappa shape index (κ2) is 7.89. The lowest BCUT2D eigenvalue weighted by molar-refractivity contribution is -0.133. The highest BCUT2D eigenvalue weighted by molar-refractivity contribution is 5.92. The van der Waals surface area contributed by atoms with Crippen LogP contribution in [0.25, 0.3) is 0 Å². The summed E-state index contributed by atoms with van der Waals surface area (Å²) in [7, 11) is 1.74. The number of piperidine rings is 1. The number of likely N-dealkylation sites (tertiary alicyclic amines) is 1. The van der Waals surface area contributed by atoms with Gasteiger partial charge in [0.2, 0.25) is 11.8 Å². The van der Waals surface area contributed by atoms with Crippen LogP contribution in [0.4, 0.5) is 10.1 Å². The van der Waals surface area contributed by atoms with Crippen LogP contribution in [-0.2, 0) is 9.59 Å². The molecule has 0 aromatic heterocycles. The Kier molecular flexibility index (Phi) is 5.89. The number of carbonyl (C=O) groups is 2. The third kappa shape index (κ3) is 5.11. The van der Waals surface area contributed by atoms with E-state index in [1.165, 1.54) is 30.7 Å². The highest BCUT2D eigenvalue weighted by atomic mass is 19.1. The standard InChI is InChI=1S/C16H22FN3O2/c1-19(12-16(22)20-9-3-2-4-10-20)11-15(21)18-14-7-5-13(17)6-8-14/h5-8H,2-4,9-12H2,1H3,(H,18,21). The number of rotatable bonds is 5. The van der Waals surface area contributed by atoms with E-state index in [1.807, 2.05) is 4.90 Å². The smallest absolute Gasteiger partial charge is 0.238 e. The van der Waals surface area contributed by atoms with E-state index in [9.17, 15) is 14.0 Å². The SMILES string of the molecule is CN(CC(=O)Nc1ccc(F)cc1)CC(=O)N1CCCCC1. The maximum absolute atomic E-state index is 12.8. The second-order valence-electron chi connectivity index (χ2n) is 5.67. The topological polar surface area (TPSA) is 52.7 Å². The quantitative estimate of drug-likeness (QED) is 0.901. The van der Waals surface area contributed by atoms with Gasteiger partial charge in [-0.25, -0.2) is 4.39 Å². The number of hydrogen-bond donors (Lipinski definition) is 1. The first-order valence-electron chi connectivity index (χ1n) is 7.56. The van der Waals surface area contributed by atoms with Crippen LogP contribution >= 0.6 is 0 Å². The van der Waals surface area contributed by atoms with Crippen LogP contribution in [0.15, 0.2) is 24.3 Å². The zero-order valence-electron chi connectivity index (χ0n) is 12.8. The van der Waals surface area contributed by atoms with Gasteiger partial charge in [0, 0.05) is 18.8 Å². The lowest BCUT2D eigenvalue weighted by Crippen LogP contribution is -2.43. The fourth-order valence-corrected chi connectivity index (χ4v) is 2.51. The van der Waals surface area contributed by atoms with Crippen LogP contribution in [0.2, 0.25) is 0 Å². The summed E-state index contributed by atoms with van der Waals surface area (Å²) >= 11 is 0. The van der Waals surface area contributed by atoms with Gasteiger partial charge in [0.1, 0.15) is 5.82 Å². The van der Waals surface area contributed by atoms with E-state index in [2.05, 4.69) is 5.32 Å². The van der Waals surface area contributed by atoms with Gasteiger partial charge in [0.25, 0.3) is 0 Å². The molecule has 2 amide bonds. The van der Waals surface area contributed by atoms with E-state index >= 15 is 0 Å². The van der Waals surface area contributed by atoms with Crippen molar-refractivity contribution in [3.63, 3.8) is 0 Å². The molecule has 1 aliphatic heterocycles. The van der Waals surface area contributed by atoms with Crippen LogP contribution in [-0.4, -0.2) is 54.8 Å². The number of halogens is 1. The van der Waals surface area contributed by atoms with Crippen molar-refractivity contribution < 1.29 is 14.0 Å². The van der Waals surface area contributed by atoms with Gasteiger partial charge in [0.15, 0.2) is 0 Å². The van der Waals surface area contributed by atoms with E-state index in [0.29, 0.717) is 5.69 Å². The van der Waals surface area contributed by atoms with Gasteiger partial charge in [-0.1, -0.05) is 0 Å². The lowest BCUT2D eigenvalue weighted by atomic mass is 10.1. The summed E-state index contributed by atoms with van der Waals surface area (Å²) < 4.78 is 12.8. The van der Waals surface area contributed by atoms with Crippen LogP contribution < -0.4 is 5.32 Å². The van der Waals surface area contributed by atoms with Crippen molar-refractivity contribution in [1.29, 1.82) is 0 Å². The van der Waals surface area contributed by atoms with Crippen LogP contribution in [0.1, 0.15) is 19.3 Å². The first-order chi connectivity index (χ1) is 10.5. The number of carbonyl (C=O) groups excluding carboxylic acids is 2. The Morgan fingerprint density at radius 3 is 2.41 bits per heavy atom. The molecule has 2 rings (SSSR count). The van der Waals surface area contributed by atoms with E-state index in [-0.39, 0.29) is 30.7 Å². The Balaban J connectivity index is 1.75. The number of nitrogens with one attached hydrogen (secondary N) is 1. The van der Waals surface area contributed by atoms with Crippen molar-refractivity contribution in [3.05, 3.63) is 30.1 Å². The van der Waals surface area contributed by atoms with E-state index in [1.54, 1.807) is 11.9 Å². The fourth-order valence-electron chi connectivity index (χ4n) is 2.51. The van der Waals surface area contributed by atoms with E-state index < -0.39 is 0 Å². The minimum absolute atomic E-state index is 0.0665. The lowest BCUT2D eigenvalue weighted by Gasteiger charge is -2.28. The predicted octanol–water partition coefficient (Wildman–Crippen LogP) is 1.71. The molecule has 0 saturated carbocycles. The van der Waals surface area contributed by atoms with Gasteiger partial charge < -0.3 is 10.2 Å². The average molecular weight is 307 g/mol. The summed E-state index contributed by atoms with van der Waals surface area (Å²) in [6.07, 6.45) is 3.29. The molecule has 1 N–H and O–H groups in total. The maximum Gasteiger partial charge on any atom is 0.238 e. The molecule has 22 heavy (non-hydrogen) atoms. The Morgan fingerprint density at radius 1 is 1.14 bits per heavy atom. The molecule has 0 unspecified atom stereocenters. The molecule has 6 heteroatoms. The molecule has 120 valence electrons. The monoisotopic (exact) mass is 307 g/mol. The van der Waals surface area contributed by atoms with Gasteiger partial charge in [-0.2, -0.15) is 0 Å². The molecular formula is C16H22FN3O2. The highest BCUT2D eigenvalue weighted by Gasteiger charge is 2.18. The maximum atomic E-state index is 12.8. The van der Waals surface area contributed by atoms with Gasteiger partial charge in [-0.05, 0) is 50.6 Å². The summed E-state index contributed by atoms with van der Waals surface area (Å²) in [6, 6.07) is 5.59. The zero-order chi connectivity index (χ0) is 15.9. The number of likely N-dealkylation sites (N-methyl/N-ethyl adjacent to an activating group) is 1. The Labute approximate surface area is 130 Å². The molecule has 1 aliphatic rings. The molecule has 0 aliphatic carbocycles. The molecule has 1 fully saturated rings. The molecule has 0 atom stereocenters. The number of hydrogen-bond acceptors (Lipinski definition) is 3. The normalized spacial score (nSPS) is 15.0. The largest absolute Gasteiger partial charge is 0.342 e. The zero-order valence-corrected chi connectivity index (χ0v) is 12.8. The third-order valence-electron chi connectivity index (χ3n) is 3.66. The van der Waals surface area contributed by atoms with Crippen molar-refractivity contribution >= 4 is 17.5 Å².